The monoisotopic (exact) mass is 374 g/mol. The van der Waals surface area contributed by atoms with Crippen LogP contribution >= 0.6 is 11.6 Å². The van der Waals surface area contributed by atoms with Crippen molar-refractivity contribution in [2.45, 2.75) is 25.7 Å². The van der Waals surface area contributed by atoms with Gasteiger partial charge in [-0.2, -0.15) is 0 Å². The lowest BCUT2D eigenvalue weighted by Crippen LogP contribution is -2.41. The van der Waals surface area contributed by atoms with Gasteiger partial charge in [0.1, 0.15) is 5.82 Å². The van der Waals surface area contributed by atoms with E-state index in [-0.39, 0.29) is 5.82 Å². The zero-order valence-electron chi connectivity index (χ0n) is 14.8. The lowest BCUT2D eigenvalue weighted by Gasteiger charge is -2.40. The van der Waals surface area contributed by atoms with Crippen molar-refractivity contribution in [1.82, 2.24) is 9.97 Å². The van der Waals surface area contributed by atoms with E-state index < -0.39 is 0 Å². The van der Waals surface area contributed by atoms with E-state index in [1.807, 2.05) is 24.5 Å². The predicted octanol–water partition coefficient (Wildman–Crippen LogP) is 4.40. The number of halogens is 2. The molecule has 0 amide bonds. The second-order valence-corrected chi connectivity index (χ2v) is 7.76. The molecule has 2 fully saturated rings. The Balaban J connectivity index is 1.30. The summed E-state index contributed by atoms with van der Waals surface area (Å²) >= 11 is 6.00. The molecule has 1 aromatic heterocycles. The summed E-state index contributed by atoms with van der Waals surface area (Å²) in [6.07, 6.45) is 8.36. The molecule has 0 aliphatic carbocycles. The van der Waals surface area contributed by atoms with Gasteiger partial charge in [0.05, 0.1) is 0 Å². The molecule has 6 heteroatoms. The first-order valence-corrected chi connectivity index (χ1v) is 9.80. The van der Waals surface area contributed by atoms with E-state index in [1.54, 1.807) is 6.07 Å². The molecule has 0 unspecified atom stereocenters. The molecular formula is C20H24ClFN4. The summed E-state index contributed by atoms with van der Waals surface area (Å²) in [5.41, 5.74) is 0.907. The molecule has 1 aromatic carbocycles. The maximum Gasteiger partial charge on any atom is 0.225 e. The molecule has 26 heavy (non-hydrogen) atoms. The van der Waals surface area contributed by atoms with E-state index in [1.165, 1.54) is 31.7 Å². The predicted molar refractivity (Wildman–Crippen MR) is 103 cm³/mol. The van der Waals surface area contributed by atoms with E-state index >= 15 is 0 Å². The second-order valence-electron chi connectivity index (χ2n) is 7.33. The number of anilines is 2. The fourth-order valence-corrected chi connectivity index (χ4v) is 4.59. The average Bonchev–Trinajstić information content (AvgIpc) is 2.68. The first-order chi connectivity index (χ1) is 12.7. The summed E-state index contributed by atoms with van der Waals surface area (Å²) in [7, 11) is 0. The van der Waals surface area contributed by atoms with E-state index in [0.29, 0.717) is 5.02 Å². The molecule has 138 valence electrons. The average molecular weight is 375 g/mol. The van der Waals surface area contributed by atoms with Crippen LogP contribution in [0.25, 0.3) is 0 Å². The highest BCUT2D eigenvalue weighted by atomic mass is 35.5. The minimum Gasteiger partial charge on any atom is -0.371 e. The van der Waals surface area contributed by atoms with Crippen LogP contribution in [0.2, 0.25) is 5.02 Å². The molecule has 0 saturated carbocycles. The van der Waals surface area contributed by atoms with Gasteiger partial charge in [-0.3, -0.25) is 0 Å². The van der Waals surface area contributed by atoms with Crippen LogP contribution in [0.15, 0.2) is 36.7 Å². The van der Waals surface area contributed by atoms with Gasteiger partial charge < -0.3 is 9.80 Å². The summed E-state index contributed by atoms with van der Waals surface area (Å²) < 4.78 is 13.6. The minimum absolute atomic E-state index is 0.259. The van der Waals surface area contributed by atoms with Gasteiger partial charge in [-0.15, -0.1) is 0 Å². The van der Waals surface area contributed by atoms with Crippen molar-refractivity contribution < 1.29 is 4.39 Å². The van der Waals surface area contributed by atoms with E-state index in [0.717, 1.165) is 49.7 Å². The maximum atomic E-state index is 13.6. The number of benzene rings is 1. The Morgan fingerprint density at radius 1 is 0.846 bits per heavy atom. The Morgan fingerprint density at radius 3 is 2.00 bits per heavy atom. The van der Waals surface area contributed by atoms with Crippen molar-refractivity contribution in [2.24, 2.45) is 11.8 Å². The Labute approximate surface area is 159 Å². The van der Waals surface area contributed by atoms with Crippen molar-refractivity contribution in [2.75, 3.05) is 36.0 Å². The van der Waals surface area contributed by atoms with Crippen LogP contribution in [0.4, 0.5) is 16.0 Å². The van der Waals surface area contributed by atoms with Gasteiger partial charge in [0.15, 0.2) is 0 Å². The van der Waals surface area contributed by atoms with Gasteiger partial charge >= 0.3 is 0 Å². The third-order valence-electron chi connectivity index (χ3n) is 5.79. The van der Waals surface area contributed by atoms with Crippen molar-refractivity contribution in [1.29, 1.82) is 0 Å². The maximum absolute atomic E-state index is 13.6. The molecule has 2 aromatic rings. The largest absolute Gasteiger partial charge is 0.371 e. The van der Waals surface area contributed by atoms with Gasteiger partial charge in [0.2, 0.25) is 5.95 Å². The number of hydrogen-bond donors (Lipinski definition) is 0. The van der Waals surface area contributed by atoms with E-state index in [4.69, 9.17) is 11.6 Å². The summed E-state index contributed by atoms with van der Waals surface area (Å²) in [5, 5.41) is 0.470. The van der Waals surface area contributed by atoms with Crippen LogP contribution in [0.5, 0.6) is 0 Å². The summed E-state index contributed by atoms with van der Waals surface area (Å²) in [6.45, 7) is 4.03. The van der Waals surface area contributed by atoms with Crippen molar-refractivity contribution in [3.05, 3.63) is 47.5 Å². The highest BCUT2D eigenvalue weighted by molar-refractivity contribution is 6.30. The van der Waals surface area contributed by atoms with Crippen LogP contribution in [0.3, 0.4) is 0 Å². The smallest absolute Gasteiger partial charge is 0.225 e. The Bertz CT molecular complexity index is 706. The van der Waals surface area contributed by atoms with Crippen molar-refractivity contribution in [3.8, 4) is 0 Å². The molecule has 2 aliphatic rings. The highest BCUT2D eigenvalue weighted by Gasteiger charge is 2.30. The molecule has 2 saturated heterocycles. The van der Waals surface area contributed by atoms with E-state index in [9.17, 15) is 4.39 Å². The summed E-state index contributed by atoms with van der Waals surface area (Å²) in [5.74, 6) is 2.12. The van der Waals surface area contributed by atoms with Crippen molar-refractivity contribution in [3.63, 3.8) is 0 Å². The highest BCUT2D eigenvalue weighted by Crippen LogP contribution is 2.35. The molecule has 0 atom stereocenters. The number of rotatable bonds is 3. The molecule has 4 rings (SSSR count). The lowest BCUT2D eigenvalue weighted by molar-refractivity contribution is 0.232. The van der Waals surface area contributed by atoms with Gasteiger partial charge in [0, 0.05) is 49.3 Å². The molecule has 0 radical (unpaired) electrons. The van der Waals surface area contributed by atoms with Crippen molar-refractivity contribution >= 4 is 23.2 Å². The van der Waals surface area contributed by atoms with Crippen LogP contribution in [-0.4, -0.2) is 36.1 Å². The quantitative estimate of drug-likeness (QED) is 0.797. The fourth-order valence-electron chi connectivity index (χ4n) is 4.38. The molecule has 2 aliphatic heterocycles. The van der Waals surface area contributed by atoms with Crippen LogP contribution < -0.4 is 9.80 Å². The normalized spacial score (nSPS) is 19.8. The standard InChI is InChI=1S/C20H24ClFN4/c21-17-12-18(22)14-19(13-17)25-8-2-15(3-9-25)16-4-10-26(11-5-16)20-23-6-1-7-24-20/h1,6-7,12-16H,2-5,8-11H2. The second kappa shape index (κ2) is 7.78. The third kappa shape index (κ3) is 3.93. The van der Waals surface area contributed by atoms with Gasteiger partial charge in [-0.25, -0.2) is 14.4 Å². The molecule has 4 nitrogen and oxygen atoms in total. The first kappa shape index (κ1) is 17.5. The molecule has 0 N–H and O–H groups in total. The molecule has 3 heterocycles. The number of aromatic nitrogens is 2. The summed E-state index contributed by atoms with van der Waals surface area (Å²) in [4.78, 5) is 13.3. The number of hydrogen-bond acceptors (Lipinski definition) is 4. The van der Waals surface area contributed by atoms with Gasteiger partial charge in [0.25, 0.3) is 0 Å². The van der Waals surface area contributed by atoms with Gasteiger partial charge in [-0.05, 0) is 61.8 Å². The van der Waals surface area contributed by atoms with E-state index in [2.05, 4.69) is 19.8 Å². The fraction of sp³-hybridized carbons (Fsp3) is 0.500. The third-order valence-corrected chi connectivity index (χ3v) is 6.01. The Morgan fingerprint density at radius 2 is 1.42 bits per heavy atom. The number of piperidine rings is 2. The lowest BCUT2D eigenvalue weighted by atomic mass is 9.79. The molecule has 0 spiro atoms. The Kier molecular flexibility index (Phi) is 5.25. The van der Waals surface area contributed by atoms with Crippen LogP contribution in [0, 0.1) is 17.7 Å². The first-order valence-electron chi connectivity index (χ1n) is 9.42. The molecule has 0 bridgehead atoms. The summed E-state index contributed by atoms with van der Waals surface area (Å²) in [6, 6.07) is 6.67. The zero-order valence-corrected chi connectivity index (χ0v) is 15.6. The SMILES string of the molecule is Fc1cc(Cl)cc(N2CCC(C3CCN(c4ncccn4)CC3)CC2)c1. The van der Waals surface area contributed by atoms with Crippen LogP contribution in [0.1, 0.15) is 25.7 Å². The Hall–Kier alpha value is -1.88. The van der Waals surface area contributed by atoms with Crippen LogP contribution in [-0.2, 0) is 0 Å². The number of nitrogens with zero attached hydrogens (tertiary/aromatic N) is 4. The zero-order chi connectivity index (χ0) is 17.9. The van der Waals surface area contributed by atoms with Gasteiger partial charge in [-0.1, -0.05) is 11.6 Å². The minimum atomic E-state index is -0.259. The topological polar surface area (TPSA) is 32.3 Å². The molecular weight excluding hydrogens is 351 g/mol.